The summed E-state index contributed by atoms with van der Waals surface area (Å²) in [5.41, 5.74) is 0.970. The van der Waals surface area contributed by atoms with Gasteiger partial charge in [-0.25, -0.2) is 0 Å². The average molecular weight is 304 g/mol. The molecule has 1 heterocycles. The quantitative estimate of drug-likeness (QED) is 0.722. The van der Waals surface area contributed by atoms with Crippen molar-refractivity contribution in [3.05, 3.63) is 16.9 Å². The Hall–Kier alpha value is -0.620. The van der Waals surface area contributed by atoms with Gasteiger partial charge in [-0.15, -0.1) is 0 Å². The van der Waals surface area contributed by atoms with Gasteiger partial charge in [0.1, 0.15) is 0 Å². The maximum absolute atomic E-state index is 6.29. The largest absolute Gasteiger partial charge is 0.383 e. The van der Waals surface area contributed by atoms with Crippen molar-refractivity contribution in [3.8, 4) is 0 Å². The van der Waals surface area contributed by atoms with Crippen LogP contribution >= 0.6 is 11.6 Å². The molecule has 0 aliphatic heterocycles. The number of methoxy groups -OCH3 is 1. The van der Waals surface area contributed by atoms with Crippen LogP contribution in [0.25, 0.3) is 0 Å². The van der Waals surface area contributed by atoms with Crippen LogP contribution in [-0.4, -0.2) is 42.8 Å². The van der Waals surface area contributed by atoms with Gasteiger partial charge in [0.2, 0.25) is 0 Å². The SMILES string of the molecule is CCCNC(COC(C)C)c1c(Cl)cnn1CCOC. The van der Waals surface area contributed by atoms with Gasteiger partial charge in [0.25, 0.3) is 0 Å². The number of aromatic nitrogens is 2. The van der Waals surface area contributed by atoms with Gasteiger partial charge in [0.15, 0.2) is 0 Å². The van der Waals surface area contributed by atoms with Crippen LogP contribution in [0.3, 0.4) is 0 Å². The average Bonchev–Trinajstić information content (AvgIpc) is 2.78. The molecule has 0 saturated heterocycles. The lowest BCUT2D eigenvalue weighted by atomic mass is 10.2. The first-order valence-electron chi connectivity index (χ1n) is 7.15. The molecule has 1 aromatic heterocycles. The van der Waals surface area contributed by atoms with E-state index in [9.17, 15) is 0 Å². The summed E-state index contributed by atoms with van der Waals surface area (Å²) in [6.45, 7) is 8.98. The van der Waals surface area contributed by atoms with Gasteiger partial charge in [0, 0.05) is 7.11 Å². The fourth-order valence-electron chi connectivity index (χ4n) is 1.92. The van der Waals surface area contributed by atoms with Gasteiger partial charge in [-0.1, -0.05) is 18.5 Å². The summed E-state index contributed by atoms with van der Waals surface area (Å²) < 4.78 is 12.8. The number of ether oxygens (including phenoxy) is 2. The molecule has 0 aromatic carbocycles. The lowest BCUT2D eigenvalue weighted by Gasteiger charge is -2.21. The van der Waals surface area contributed by atoms with E-state index in [1.165, 1.54) is 0 Å². The minimum atomic E-state index is 0.0456. The molecule has 20 heavy (non-hydrogen) atoms. The third kappa shape index (κ3) is 5.40. The fourth-order valence-corrected chi connectivity index (χ4v) is 2.19. The molecule has 6 heteroatoms. The topological polar surface area (TPSA) is 48.3 Å². The second kappa shape index (κ2) is 9.34. The first-order chi connectivity index (χ1) is 9.60. The summed E-state index contributed by atoms with van der Waals surface area (Å²) in [6.07, 6.45) is 2.93. The number of rotatable bonds is 10. The summed E-state index contributed by atoms with van der Waals surface area (Å²) in [4.78, 5) is 0. The summed E-state index contributed by atoms with van der Waals surface area (Å²) in [7, 11) is 1.68. The van der Waals surface area contributed by atoms with E-state index in [1.54, 1.807) is 13.3 Å². The van der Waals surface area contributed by atoms with Crippen molar-refractivity contribution < 1.29 is 9.47 Å². The Balaban J connectivity index is 2.83. The molecule has 0 bridgehead atoms. The van der Waals surface area contributed by atoms with Crippen LogP contribution in [0.5, 0.6) is 0 Å². The van der Waals surface area contributed by atoms with Gasteiger partial charge in [-0.3, -0.25) is 4.68 Å². The highest BCUT2D eigenvalue weighted by molar-refractivity contribution is 6.31. The van der Waals surface area contributed by atoms with Gasteiger partial charge in [-0.2, -0.15) is 5.10 Å². The van der Waals surface area contributed by atoms with E-state index < -0.39 is 0 Å². The number of nitrogens with one attached hydrogen (secondary N) is 1. The molecule has 0 amide bonds. The Morgan fingerprint density at radius 1 is 1.45 bits per heavy atom. The van der Waals surface area contributed by atoms with Crippen molar-refractivity contribution >= 4 is 11.6 Å². The van der Waals surface area contributed by atoms with Gasteiger partial charge < -0.3 is 14.8 Å². The molecule has 0 saturated carbocycles. The molecule has 0 fully saturated rings. The van der Waals surface area contributed by atoms with E-state index in [1.807, 2.05) is 18.5 Å². The summed E-state index contributed by atoms with van der Waals surface area (Å²) in [5, 5.41) is 8.46. The van der Waals surface area contributed by atoms with Gasteiger partial charge in [-0.05, 0) is 26.8 Å². The maximum atomic E-state index is 6.29. The van der Waals surface area contributed by atoms with E-state index in [0.717, 1.165) is 18.7 Å². The molecule has 1 rings (SSSR count). The van der Waals surface area contributed by atoms with Crippen LogP contribution in [0.1, 0.15) is 38.9 Å². The van der Waals surface area contributed by atoms with Crippen molar-refractivity contribution in [1.82, 2.24) is 15.1 Å². The van der Waals surface area contributed by atoms with Crippen LogP contribution in [0.2, 0.25) is 5.02 Å². The molecule has 5 nitrogen and oxygen atoms in total. The third-order valence-electron chi connectivity index (χ3n) is 2.91. The smallest absolute Gasteiger partial charge is 0.0835 e. The van der Waals surface area contributed by atoms with E-state index in [-0.39, 0.29) is 12.1 Å². The summed E-state index contributed by atoms with van der Waals surface area (Å²) in [5.74, 6) is 0. The number of nitrogens with zero attached hydrogens (tertiary/aromatic N) is 2. The highest BCUT2D eigenvalue weighted by atomic mass is 35.5. The van der Waals surface area contributed by atoms with Crippen LogP contribution < -0.4 is 5.32 Å². The van der Waals surface area contributed by atoms with E-state index in [4.69, 9.17) is 21.1 Å². The molecule has 0 aliphatic rings. The minimum absolute atomic E-state index is 0.0456. The fraction of sp³-hybridized carbons (Fsp3) is 0.786. The Bertz CT molecular complexity index is 382. The van der Waals surface area contributed by atoms with Crippen molar-refractivity contribution in [2.24, 2.45) is 0 Å². The molecule has 1 N–H and O–H groups in total. The highest BCUT2D eigenvalue weighted by Crippen LogP contribution is 2.23. The summed E-state index contributed by atoms with van der Waals surface area (Å²) >= 11 is 6.29. The Morgan fingerprint density at radius 2 is 2.20 bits per heavy atom. The first-order valence-corrected chi connectivity index (χ1v) is 7.53. The van der Waals surface area contributed by atoms with Crippen LogP contribution in [-0.2, 0) is 16.0 Å². The lowest BCUT2D eigenvalue weighted by molar-refractivity contribution is 0.0590. The molecule has 0 aliphatic carbocycles. The number of halogens is 1. The zero-order valence-electron chi connectivity index (χ0n) is 12.9. The molecule has 1 atom stereocenters. The van der Waals surface area contributed by atoms with Crippen molar-refractivity contribution in [2.45, 2.75) is 45.9 Å². The minimum Gasteiger partial charge on any atom is -0.383 e. The number of hydrogen-bond acceptors (Lipinski definition) is 4. The third-order valence-corrected chi connectivity index (χ3v) is 3.20. The molecule has 1 unspecified atom stereocenters. The second-order valence-corrected chi connectivity index (χ2v) is 5.39. The van der Waals surface area contributed by atoms with Crippen molar-refractivity contribution in [2.75, 3.05) is 26.9 Å². The lowest BCUT2D eigenvalue weighted by Crippen LogP contribution is -2.30. The molecular formula is C14H26ClN3O2. The number of hydrogen-bond donors (Lipinski definition) is 1. The van der Waals surface area contributed by atoms with Crippen molar-refractivity contribution in [3.63, 3.8) is 0 Å². The Labute approximate surface area is 126 Å². The first kappa shape index (κ1) is 17.4. The maximum Gasteiger partial charge on any atom is 0.0835 e. The van der Waals surface area contributed by atoms with Gasteiger partial charge >= 0.3 is 0 Å². The molecular weight excluding hydrogens is 278 g/mol. The van der Waals surface area contributed by atoms with E-state index in [2.05, 4.69) is 17.3 Å². The predicted molar refractivity (Wildman–Crippen MR) is 81.2 cm³/mol. The highest BCUT2D eigenvalue weighted by Gasteiger charge is 2.20. The predicted octanol–water partition coefficient (Wildman–Crippen LogP) is 2.65. The second-order valence-electron chi connectivity index (χ2n) is 4.98. The molecule has 0 spiro atoms. The Morgan fingerprint density at radius 3 is 2.80 bits per heavy atom. The molecule has 0 radical (unpaired) electrons. The zero-order valence-corrected chi connectivity index (χ0v) is 13.6. The van der Waals surface area contributed by atoms with Crippen LogP contribution in [0, 0.1) is 0 Å². The van der Waals surface area contributed by atoms with E-state index in [0.29, 0.717) is 24.8 Å². The van der Waals surface area contributed by atoms with Crippen LogP contribution in [0.4, 0.5) is 0 Å². The van der Waals surface area contributed by atoms with Crippen LogP contribution in [0.15, 0.2) is 6.20 Å². The molecule has 116 valence electrons. The normalized spacial score (nSPS) is 13.1. The van der Waals surface area contributed by atoms with Crippen molar-refractivity contribution in [1.29, 1.82) is 0 Å². The zero-order chi connectivity index (χ0) is 15.0. The summed E-state index contributed by atoms with van der Waals surface area (Å²) in [6, 6.07) is 0.0456. The van der Waals surface area contributed by atoms with Gasteiger partial charge in [0.05, 0.1) is 48.8 Å². The standard InChI is InChI=1S/C14H26ClN3O2/c1-5-6-16-13(10-20-11(2)3)14-12(15)9-17-18(14)7-8-19-4/h9,11,13,16H,5-8,10H2,1-4H3. The Kier molecular flexibility index (Phi) is 8.14. The van der Waals surface area contributed by atoms with E-state index >= 15 is 0 Å². The molecule has 1 aromatic rings. The monoisotopic (exact) mass is 303 g/mol.